The molecule has 2 aromatic heterocycles. The van der Waals surface area contributed by atoms with Gasteiger partial charge in [0.1, 0.15) is 0 Å². The molecule has 6 aromatic rings. The van der Waals surface area contributed by atoms with Crippen molar-refractivity contribution in [2.45, 2.75) is 0 Å². The van der Waals surface area contributed by atoms with Gasteiger partial charge in [-0.25, -0.2) is 4.68 Å². The van der Waals surface area contributed by atoms with E-state index in [1.54, 1.807) is 0 Å². The van der Waals surface area contributed by atoms with Crippen molar-refractivity contribution < 1.29 is 0 Å². The molecule has 4 heteroatoms. The summed E-state index contributed by atoms with van der Waals surface area (Å²) in [5.74, 6) is 0. The first kappa shape index (κ1) is 22.0. The van der Waals surface area contributed by atoms with E-state index in [9.17, 15) is 0 Å². The Labute approximate surface area is 221 Å². The molecule has 0 saturated carbocycles. The third-order valence-electron chi connectivity index (χ3n) is 6.89. The Bertz CT molecular complexity index is 1770. The molecular formula is C34H24N4. The summed E-state index contributed by atoms with van der Waals surface area (Å²) in [7, 11) is 0. The normalized spacial score (nSPS) is 12.1. The average Bonchev–Trinajstić information content (AvgIpc) is 3.42. The van der Waals surface area contributed by atoms with E-state index in [2.05, 4.69) is 119 Å². The number of nitrogens with zero attached hydrogens (tertiary/aromatic N) is 4. The second-order valence-electron chi connectivity index (χ2n) is 9.28. The van der Waals surface area contributed by atoms with Gasteiger partial charge in [-0.1, -0.05) is 84.9 Å². The van der Waals surface area contributed by atoms with Crippen LogP contribution >= 0.6 is 0 Å². The Kier molecular flexibility index (Phi) is 5.41. The number of benzene rings is 4. The van der Waals surface area contributed by atoms with Crippen LogP contribution in [-0.2, 0) is 0 Å². The summed E-state index contributed by atoms with van der Waals surface area (Å²) in [5, 5.41) is 4.70. The standard InChI is InChI=1S/C34H24N4/c1-2-9-25(10-3-1)29-23-36-37(24-29)30-19-18-27-17-16-26-11-4-5-15-33(26)38(34(27)22-30)31-13-8-12-28(21-31)32-14-6-7-20-35-32/h1-24H. The number of pyridine rings is 1. The predicted molar refractivity (Wildman–Crippen MR) is 156 cm³/mol. The molecule has 1 aliphatic heterocycles. The van der Waals surface area contributed by atoms with Gasteiger partial charge in [0.25, 0.3) is 0 Å². The van der Waals surface area contributed by atoms with Gasteiger partial charge in [0, 0.05) is 29.2 Å². The molecule has 0 radical (unpaired) electrons. The molecule has 0 saturated heterocycles. The molecule has 0 atom stereocenters. The van der Waals surface area contributed by atoms with Crippen LogP contribution in [0.3, 0.4) is 0 Å². The van der Waals surface area contributed by atoms with Gasteiger partial charge in [-0.2, -0.15) is 5.10 Å². The maximum atomic E-state index is 4.70. The van der Waals surface area contributed by atoms with E-state index < -0.39 is 0 Å². The van der Waals surface area contributed by atoms with Gasteiger partial charge in [-0.3, -0.25) is 4.98 Å². The molecule has 0 spiro atoms. The lowest BCUT2D eigenvalue weighted by Gasteiger charge is -2.28. The number of aromatic nitrogens is 3. The van der Waals surface area contributed by atoms with Gasteiger partial charge in [-0.05, 0) is 59.2 Å². The van der Waals surface area contributed by atoms with Crippen LogP contribution in [0.25, 0.3) is 40.2 Å². The molecule has 4 nitrogen and oxygen atoms in total. The largest absolute Gasteiger partial charge is 0.309 e. The lowest BCUT2D eigenvalue weighted by atomic mass is 10.1. The summed E-state index contributed by atoms with van der Waals surface area (Å²) in [6.07, 6.45) is 10.2. The van der Waals surface area contributed by atoms with Crippen LogP contribution in [0.5, 0.6) is 0 Å². The van der Waals surface area contributed by atoms with Crippen LogP contribution < -0.4 is 4.90 Å². The highest BCUT2D eigenvalue weighted by Gasteiger charge is 2.21. The van der Waals surface area contributed by atoms with Crippen LogP contribution in [-0.4, -0.2) is 14.8 Å². The fourth-order valence-electron chi connectivity index (χ4n) is 5.01. The Morgan fingerprint density at radius 1 is 0.526 bits per heavy atom. The Morgan fingerprint density at radius 2 is 1.32 bits per heavy atom. The van der Waals surface area contributed by atoms with Crippen LogP contribution in [0, 0.1) is 0 Å². The topological polar surface area (TPSA) is 34.0 Å². The zero-order valence-corrected chi connectivity index (χ0v) is 20.6. The summed E-state index contributed by atoms with van der Waals surface area (Å²) in [6.45, 7) is 0. The minimum absolute atomic E-state index is 0.953. The second kappa shape index (κ2) is 9.34. The van der Waals surface area contributed by atoms with Gasteiger partial charge >= 0.3 is 0 Å². The second-order valence-corrected chi connectivity index (χ2v) is 9.28. The van der Waals surface area contributed by atoms with Crippen molar-refractivity contribution in [2.75, 3.05) is 4.90 Å². The van der Waals surface area contributed by atoms with E-state index in [4.69, 9.17) is 5.10 Å². The molecule has 38 heavy (non-hydrogen) atoms. The number of hydrogen-bond donors (Lipinski definition) is 0. The minimum atomic E-state index is 0.953. The quantitative estimate of drug-likeness (QED) is 0.249. The van der Waals surface area contributed by atoms with Gasteiger partial charge in [-0.15, -0.1) is 0 Å². The first-order valence-corrected chi connectivity index (χ1v) is 12.7. The molecule has 0 bridgehead atoms. The molecule has 0 aliphatic carbocycles. The van der Waals surface area contributed by atoms with E-state index in [0.29, 0.717) is 0 Å². The van der Waals surface area contributed by atoms with Crippen molar-refractivity contribution in [2.24, 2.45) is 0 Å². The molecule has 0 unspecified atom stereocenters. The number of anilines is 3. The van der Waals surface area contributed by atoms with Crippen molar-refractivity contribution >= 4 is 29.2 Å². The van der Waals surface area contributed by atoms with Crippen molar-refractivity contribution in [3.63, 3.8) is 0 Å². The van der Waals surface area contributed by atoms with Crippen LogP contribution in [0.4, 0.5) is 17.1 Å². The highest BCUT2D eigenvalue weighted by atomic mass is 15.3. The third-order valence-corrected chi connectivity index (χ3v) is 6.89. The maximum absolute atomic E-state index is 4.70. The summed E-state index contributed by atoms with van der Waals surface area (Å²) >= 11 is 0. The molecule has 3 heterocycles. The van der Waals surface area contributed by atoms with Crippen molar-refractivity contribution in [1.82, 2.24) is 14.8 Å². The average molecular weight is 489 g/mol. The number of para-hydroxylation sites is 1. The van der Waals surface area contributed by atoms with Gasteiger partial charge in [0.2, 0.25) is 0 Å². The molecule has 4 aromatic carbocycles. The SMILES string of the molecule is C1=Cc2ccc(-n3cc(-c4ccccc4)cn3)cc2N(c2cccc(-c3ccccn3)c2)c2ccccc21. The van der Waals surface area contributed by atoms with Crippen LogP contribution in [0.1, 0.15) is 11.1 Å². The number of rotatable bonds is 4. The van der Waals surface area contributed by atoms with Crippen molar-refractivity contribution in [3.05, 3.63) is 145 Å². The highest BCUT2D eigenvalue weighted by Crippen LogP contribution is 2.43. The van der Waals surface area contributed by atoms with E-state index >= 15 is 0 Å². The minimum Gasteiger partial charge on any atom is -0.309 e. The van der Waals surface area contributed by atoms with Crippen LogP contribution in [0.2, 0.25) is 0 Å². The van der Waals surface area contributed by atoms with Crippen molar-refractivity contribution in [3.8, 4) is 28.1 Å². The Hall–Kier alpha value is -5.22. The number of hydrogen-bond acceptors (Lipinski definition) is 3. The third kappa shape index (κ3) is 3.98. The summed E-state index contributed by atoms with van der Waals surface area (Å²) in [5.41, 5.74) is 10.9. The lowest BCUT2D eigenvalue weighted by Crippen LogP contribution is -2.12. The van der Waals surface area contributed by atoms with Crippen LogP contribution in [0.15, 0.2) is 134 Å². The molecule has 1 aliphatic rings. The van der Waals surface area contributed by atoms with Gasteiger partial charge in [0.15, 0.2) is 0 Å². The van der Waals surface area contributed by atoms with Gasteiger partial charge < -0.3 is 4.90 Å². The van der Waals surface area contributed by atoms with E-state index in [-0.39, 0.29) is 0 Å². The molecule has 0 N–H and O–H groups in total. The van der Waals surface area contributed by atoms with E-state index in [1.165, 1.54) is 5.56 Å². The first-order chi connectivity index (χ1) is 18.8. The van der Waals surface area contributed by atoms with E-state index in [0.717, 1.165) is 50.7 Å². The zero-order valence-electron chi connectivity index (χ0n) is 20.6. The Morgan fingerprint density at radius 3 is 2.18 bits per heavy atom. The van der Waals surface area contributed by atoms with Gasteiger partial charge in [0.05, 0.1) is 29.0 Å². The summed E-state index contributed by atoms with van der Waals surface area (Å²) in [4.78, 5) is 6.92. The smallest absolute Gasteiger partial charge is 0.0702 e. The number of fused-ring (bicyclic) bond motifs is 2. The molecule has 180 valence electrons. The maximum Gasteiger partial charge on any atom is 0.0702 e. The zero-order chi connectivity index (χ0) is 25.3. The monoisotopic (exact) mass is 488 g/mol. The van der Waals surface area contributed by atoms with Crippen molar-refractivity contribution in [1.29, 1.82) is 0 Å². The lowest BCUT2D eigenvalue weighted by molar-refractivity contribution is 0.880. The predicted octanol–water partition coefficient (Wildman–Crippen LogP) is 8.55. The fraction of sp³-hybridized carbons (Fsp3) is 0. The molecule has 0 amide bonds. The summed E-state index contributed by atoms with van der Waals surface area (Å²) < 4.78 is 1.95. The summed E-state index contributed by atoms with van der Waals surface area (Å²) in [6, 6.07) is 40.0. The Balaban J connectivity index is 1.37. The molecule has 0 fully saturated rings. The van der Waals surface area contributed by atoms with E-state index in [1.807, 2.05) is 41.3 Å². The first-order valence-electron chi connectivity index (χ1n) is 12.7. The fourth-order valence-corrected chi connectivity index (χ4v) is 5.01. The highest BCUT2D eigenvalue weighted by molar-refractivity contribution is 5.94. The molecular weight excluding hydrogens is 464 g/mol. The molecule has 7 rings (SSSR count).